The van der Waals surface area contributed by atoms with Crippen LogP contribution in [0.25, 0.3) is 0 Å². The van der Waals surface area contributed by atoms with E-state index in [4.69, 9.17) is 10.6 Å². The summed E-state index contributed by atoms with van der Waals surface area (Å²) >= 11 is 0. The molecule has 0 atom stereocenters. The Hall–Kier alpha value is -2.09. The summed E-state index contributed by atoms with van der Waals surface area (Å²) in [4.78, 5) is 24.3. The lowest BCUT2D eigenvalue weighted by molar-refractivity contribution is 0.105. The Morgan fingerprint density at radius 1 is 1.29 bits per heavy atom. The van der Waals surface area contributed by atoms with Gasteiger partial charge in [0.25, 0.3) is 0 Å². The number of piperazine rings is 1. The van der Waals surface area contributed by atoms with Crippen LogP contribution in [0.4, 0.5) is 16.4 Å². The summed E-state index contributed by atoms with van der Waals surface area (Å²) in [6, 6.07) is 0. The van der Waals surface area contributed by atoms with E-state index in [-0.39, 0.29) is 6.09 Å². The molecule has 1 fully saturated rings. The number of nitrogen functional groups attached to an aromatic ring is 1. The molecule has 21 heavy (non-hydrogen) atoms. The molecule has 1 aliphatic heterocycles. The number of amides is 1. The average Bonchev–Trinajstić information content (AvgIpc) is 2.49. The van der Waals surface area contributed by atoms with Crippen LogP contribution in [0, 0.1) is 13.8 Å². The van der Waals surface area contributed by atoms with Crippen LogP contribution in [-0.2, 0) is 4.74 Å². The van der Waals surface area contributed by atoms with Crippen molar-refractivity contribution < 1.29 is 9.53 Å². The van der Waals surface area contributed by atoms with Crippen LogP contribution in [0.2, 0.25) is 0 Å². The van der Waals surface area contributed by atoms with Crippen LogP contribution in [0.3, 0.4) is 0 Å². The third kappa shape index (κ3) is 3.33. The average molecular weight is 294 g/mol. The lowest BCUT2D eigenvalue weighted by Gasteiger charge is -2.35. The number of aryl methyl sites for hydroxylation is 1. The lowest BCUT2D eigenvalue weighted by atomic mass is 10.2. The summed E-state index contributed by atoms with van der Waals surface area (Å²) in [6.45, 7) is 8.62. The Morgan fingerprint density at radius 2 is 1.95 bits per heavy atom. The van der Waals surface area contributed by atoms with E-state index in [2.05, 4.69) is 20.3 Å². The Balaban J connectivity index is 2.09. The number of nitrogens with two attached hydrogens (primary N) is 1. The molecule has 8 nitrogen and oxygen atoms in total. The second-order valence-electron chi connectivity index (χ2n) is 4.89. The van der Waals surface area contributed by atoms with Crippen molar-refractivity contribution >= 4 is 17.7 Å². The number of hydrazine groups is 1. The summed E-state index contributed by atoms with van der Waals surface area (Å²) in [6.07, 6.45) is -0.253. The monoisotopic (exact) mass is 294 g/mol. The first kappa shape index (κ1) is 15.3. The largest absolute Gasteiger partial charge is 0.450 e. The minimum Gasteiger partial charge on any atom is -0.450 e. The highest BCUT2D eigenvalue weighted by Crippen LogP contribution is 2.24. The zero-order chi connectivity index (χ0) is 15.4. The Morgan fingerprint density at radius 3 is 2.52 bits per heavy atom. The molecule has 1 aromatic rings. The molecule has 0 spiro atoms. The molecule has 1 amide bonds. The van der Waals surface area contributed by atoms with Gasteiger partial charge in [-0.3, -0.25) is 0 Å². The fourth-order valence-electron chi connectivity index (χ4n) is 2.38. The van der Waals surface area contributed by atoms with Crippen LogP contribution in [0.1, 0.15) is 18.3 Å². The minimum atomic E-state index is -0.253. The summed E-state index contributed by atoms with van der Waals surface area (Å²) in [5.41, 5.74) is 3.51. The normalized spacial score (nSPS) is 15.0. The maximum atomic E-state index is 11.7. The van der Waals surface area contributed by atoms with Crippen LogP contribution in [0.5, 0.6) is 0 Å². The lowest BCUT2D eigenvalue weighted by Crippen LogP contribution is -2.49. The summed E-state index contributed by atoms with van der Waals surface area (Å²) in [5, 5.41) is 0. The van der Waals surface area contributed by atoms with Gasteiger partial charge >= 0.3 is 6.09 Å². The van der Waals surface area contributed by atoms with Crippen LogP contribution >= 0.6 is 0 Å². The van der Waals surface area contributed by atoms with Crippen molar-refractivity contribution in [3.63, 3.8) is 0 Å². The van der Waals surface area contributed by atoms with Gasteiger partial charge in [-0.05, 0) is 20.8 Å². The van der Waals surface area contributed by atoms with Crippen LogP contribution in [-0.4, -0.2) is 53.7 Å². The number of hydrogen-bond acceptors (Lipinski definition) is 7. The second kappa shape index (κ2) is 6.57. The Labute approximate surface area is 124 Å². The van der Waals surface area contributed by atoms with Gasteiger partial charge < -0.3 is 20.0 Å². The quantitative estimate of drug-likeness (QED) is 0.624. The SMILES string of the molecule is CCOC(=O)N1CCN(c2nc(C)nc(NN)c2C)CC1. The van der Waals surface area contributed by atoms with Gasteiger partial charge in [-0.1, -0.05) is 0 Å². The summed E-state index contributed by atoms with van der Waals surface area (Å²) in [7, 11) is 0. The second-order valence-corrected chi connectivity index (χ2v) is 4.89. The molecule has 116 valence electrons. The van der Waals surface area contributed by atoms with E-state index in [1.807, 2.05) is 20.8 Å². The molecule has 8 heteroatoms. The molecular weight excluding hydrogens is 272 g/mol. The number of ether oxygens (including phenoxy) is 1. The highest BCUT2D eigenvalue weighted by Gasteiger charge is 2.24. The fraction of sp³-hybridized carbons (Fsp3) is 0.615. The molecule has 0 aliphatic carbocycles. The van der Waals surface area contributed by atoms with Crippen molar-refractivity contribution in [1.82, 2.24) is 14.9 Å². The van der Waals surface area contributed by atoms with Crippen molar-refractivity contribution in [3.8, 4) is 0 Å². The van der Waals surface area contributed by atoms with Gasteiger partial charge in [-0.2, -0.15) is 0 Å². The van der Waals surface area contributed by atoms with Gasteiger partial charge in [0.1, 0.15) is 17.5 Å². The van der Waals surface area contributed by atoms with Gasteiger partial charge in [0, 0.05) is 31.7 Å². The van der Waals surface area contributed by atoms with Crippen LogP contribution < -0.4 is 16.2 Å². The van der Waals surface area contributed by atoms with Crippen molar-refractivity contribution in [2.45, 2.75) is 20.8 Å². The standard InChI is InChI=1S/C13H22N6O2/c1-4-21-13(20)19-7-5-18(6-8-19)12-9(2)11(17-14)15-10(3)16-12/h4-8,14H2,1-3H3,(H,15,16,17). The number of nitrogens with zero attached hydrogens (tertiary/aromatic N) is 4. The number of carbonyl (C=O) groups excluding carboxylic acids is 1. The van der Waals surface area contributed by atoms with Gasteiger partial charge in [0.15, 0.2) is 0 Å². The number of carbonyl (C=O) groups is 1. The summed E-state index contributed by atoms with van der Waals surface area (Å²) < 4.78 is 5.02. The number of aromatic nitrogens is 2. The molecule has 1 saturated heterocycles. The third-order valence-corrected chi connectivity index (χ3v) is 3.47. The van der Waals surface area contributed by atoms with Crippen molar-refractivity contribution in [2.24, 2.45) is 5.84 Å². The van der Waals surface area contributed by atoms with E-state index >= 15 is 0 Å². The first-order chi connectivity index (χ1) is 10.1. The molecule has 3 N–H and O–H groups in total. The van der Waals surface area contributed by atoms with E-state index in [1.54, 1.807) is 4.90 Å². The summed E-state index contributed by atoms with van der Waals surface area (Å²) in [5.74, 6) is 7.64. The number of nitrogens with one attached hydrogen (secondary N) is 1. The van der Waals surface area contributed by atoms with E-state index < -0.39 is 0 Å². The molecule has 0 aromatic carbocycles. The molecule has 0 radical (unpaired) electrons. The van der Waals surface area contributed by atoms with Crippen LogP contribution in [0.15, 0.2) is 0 Å². The predicted octanol–water partition coefficient (Wildman–Crippen LogP) is 0.658. The molecule has 0 bridgehead atoms. The molecule has 2 heterocycles. The first-order valence-corrected chi connectivity index (χ1v) is 7.05. The highest BCUT2D eigenvalue weighted by atomic mass is 16.6. The van der Waals surface area contributed by atoms with Crippen molar-refractivity contribution in [2.75, 3.05) is 43.1 Å². The number of hydrogen-bond donors (Lipinski definition) is 2. The van der Waals surface area contributed by atoms with E-state index in [0.29, 0.717) is 44.4 Å². The van der Waals surface area contributed by atoms with E-state index in [0.717, 1.165) is 11.4 Å². The minimum absolute atomic E-state index is 0.253. The molecule has 0 unspecified atom stereocenters. The molecule has 1 aromatic heterocycles. The number of anilines is 2. The van der Waals surface area contributed by atoms with E-state index in [9.17, 15) is 4.79 Å². The Kier molecular flexibility index (Phi) is 4.79. The number of rotatable bonds is 3. The Bertz CT molecular complexity index is 514. The van der Waals surface area contributed by atoms with Crippen molar-refractivity contribution in [3.05, 3.63) is 11.4 Å². The molecular formula is C13H22N6O2. The predicted molar refractivity (Wildman–Crippen MR) is 80.1 cm³/mol. The van der Waals surface area contributed by atoms with Gasteiger partial charge in [0.05, 0.1) is 6.61 Å². The highest BCUT2D eigenvalue weighted by molar-refractivity contribution is 5.68. The van der Waals surface area contributed by atoms with Gasteiger partial charge in [0.2, 0.25) is 0 Å². The topological polar surface area (TPSA) is 96.6 Å². The molecule has 0 saturated carbocycles. The first-order valence-electron chi connectivity index (χ1n) is 7.05. The molecule has 1 aliphatic rings. The molecule has 2 rings (SSSR count). The fourth-order valence-corrected chi connectivity index (χ4v) is 2.38. The zero-order valence-corrected chi connectivity index (χ0v) is 12.7. The maximum Gasteiger partial charge on any atom is 0.409 e. The maximum absolute atomic E-state index is 11.7. The van der Waals surface area contributed by atoms with Crippen molar-refractivity contribution in [1.29, 1.82) is 0 Å². The zero-order valence-electron chi connectivity index (χ0n) is 12.7. The van der Waals surface area contributed by atoms with Gasteiger partial charge in [-0.15, -0.1) is 0 Å². The third-order valence-electron chi connectivity index (χ3n) is 3.47. The van der Waals surface area contributed by atoms with E-state index in [1.165, 1.54) is 0 Å². The smallest absolute Gasteiger partial charge is 0.409 e. The van der Waals surface area contributed by atoms with Gasteiger partial charge in [-0.25, -0.2) is 20.6 Å².